The summed E-state index contributed by atoms with van der Waals surface area (Å²) in [7, 11) is 0. The summed E-state index contributed by atoms with van der Waals surface area (Å²) in [6, 6.07) is 0. The smallest absolute Gasteiger partial charge is 0.0968 e. The van der Waals surface area contributed by atoms with Crippen LogP contribution >= 0.6 is 11.3 Å². The molecule has 0 saturated carbocycles. The van der Waals surface area contributed by atoms with Crippen molar-refractivity contribution in [2.45, 2.75) is 26.2 Å². The molecule has 1 fully saturated rings. The summed E-state index contributed by atoms with van der Waals surface area (Å²) in [5, 5.41) is 4.76. The molecule has 3 nitrogen and oxygen atoms in total. The Bertz CT molecular complexity index is 321. The third-order valence-electron chi connectivity index (χ3n) is 2.97. The lowest BCUT2D eigenvalue weighted by atomic mass is 10.1. The van der Waals surface area contributed by atoms with E-state index in [-0.39, 0.29) is 0 Å². The van der Waals surface area contributed by atoms with Gasteiger partial charge in [-0.25, -0.2) is 4.98 Å². The van der Waals surface area contributed by atoms with Crippen LogP contribution in [0.4, 0.5) is 0 Å². The number of hydrogen-bond acceptors (Lipinski definition) is 4. The zero-order valence-corrected chi connectivity index (χ0v) is 10.8. The van der Waals surface area contributed by atoms with Crippen molar-refractivity contribution in [1.82, 2.24) is 10.3 Å². The van der Waals surface area contributed by atoms with Gasteiger partial charge in [0.15, 0.2) is 0 Å². The van der Waals surface area contributed by atoms with Gasteiger partial charge in [0.2, 0.25) is 0 Å². The third kappa shape index (κ3) is 3.27. The lowest BCUT2D eigenvalue weighted by molar-refractivity contribution is 0.185. The quantitative estimate of drug-likeness (QED) is 0.856. The fourth-order valence-corrected chi connectivity index (χ4v) is 2.76. The molecular formula is C12H20N2OS. The molecule has 4 heteroatoms. The molecule has 0 spiro atoms. The van der Waals surface area contributed by atoms with Crippen LogP contribution in [0.3, 0.4) is 0 Å². The van der Waals surface area contributed by atoms with Gasteiger partial charge in [-0.1, -0.05) is 6.92 Å². The summed E-state index contributed by atoms with van der Waals surface area (Å²) in [5.41, 5.74) is 0. The Labute approximate surface area is 101 Å². The lowest BCUT2D eigenvalue weighted by Gasteiger charge is -2.12. The van der Waals surface area contributed by atoms with Crippen LogP contribution in [0.5, 0.6) is 0 Å². The van der Waals surface area contributed by atoms with Gasteiger partial charge in [0.05, 0.1) is 11.6 Å². The highest BCUT2D eigenvalue weighted by Gasteiger charge is 2.16. The molecule has 1 aromatic rings. The molecule has 1 N–H and O–H groups in total. The van der Waals surface area contributed by atoms with Crippen molar-refractivity contribution in [3.05, 3.63) is 16.1 Å². The number of aryl methyl sites for hydroxylation is 1. The zero-order valence-electron chi connectivity index (χ0n) is 10.0. The average molecular weight is 240 g/mol. The molecule has 90 valence electrons. The van der Waals surface area contributed by atoms with E-state index in [2.05, 4.69) is 24.1 Å². The maximum absolute atomic E-state index is 5.35. The molecule has 0 amide bonds. The van der Waals surface area contributed by atoms with Crippen LogP contribution in [0.25, 0.3) is 0 Å². The molecule has 1 aliphatic rings. The highest BCUT2D eigenvalue weighted by Crippen LogP contribution is 2.20. The summed E-state index contributed by atoms with van der Waals surface area (Å²) in [6.07, 6.45) is 3.17. The van der Waals surface area contributed by atoms with Gasteiger partial charge in [-0.05, 0) is 19.3 Å². The summed E-state index contributed by atoms with van der Waals surface area (Å²) >= 11 is 1.80. The summed E-state index contributed by atoms with van der Waals surface area (Å²) in [6.45, 7) is 8.30. The van der Waals surface area contributed by atoms with Gasteiger partial charge in [-0.3, -0.25) is 0 Å². The first-order valence-corrected chi connectivity index (χ1v) is 6.78. The average Bonchev–Trinajstić information content (AvgIpc) is 2.89. The van der Waals surface area contributed by atoms with E-state index in [4.69, 9.17) is 4.74 Å². The zero-order chi connectivity index (χ0) is 11.4. The van der Waals surface area contributed by atoms with E-state index in [1.165, 1.54) is 16.3 Å². The number of ether oxygens (including phenoxy) is 1. The Morgan fingerprint density at radius 1 is 1.69 bits per heavy atom. The van der Waals surface area contributed by atoms with Crippen LogP contribution in [0, 0.1) is 12.8 Å². The van der Waals surface area contributed by atoms with Crippen molar-refractivity contribution in [3.8, 4) is 0 Å². The van der Waals surface area contributed by atoms with Gasteiger partial charge >= 0.3 is 0 Å². The molecule has 16 heavy (non-hydrogen) atoms. The van der Waals surface area contributed by atoms with E-state index in [0.29, 0.717) is 11.8 Å². The van der Waals surface area contributed by atoms with Crippen LogP contribution in [-0.2, 0) is 4.74 Å². The van der Waals surface area contributed by atoms with Crippen molar-refractivity contribution in [2.24, 2.45) is 5.92 Å². The topological polar surface area (TPSA) is 34.2 Å². The minimum absolute atomic E-state index is 0.515. The molecule has 0 aliphatic carbocycles. The molecule has 2 unspecified atom stereocenters. The first kappa shape index (κ1) is 12.0. The van der Waals surface area contributed by atoms with Crippen molar-refractivity contribution in [3.63, 3.8) is 0 Å². The summed E-state index contributed by atoms with van der Waals surface area (Å²) < 4.78 is 5.35. The van der Waals surface area contributed by atoms with Crippen LogP contribution in [0.15, 0.2) is 6.20 Å². The Morgan fingerprint density at radius 2 is 2.56 bits per heavy atom. The molecule has 1 aliphatic heterocycles. The molecule has 2 heterocycles. The predicted octanol–water partition coefficient (Wildman–Crippen LogP) is 2.18. The Balaban J connectivity index is 1.69. The van der Waals surface area contributed by atoms with Crippen molar-refractivity contribution >= 4 is 11.3 Å². The molecule has 1 aromatic heterocycles. The number of hydrogen-bond donors (Lipinski definition) is 1. The number of thiazole rings is 1. The van der Waals surface area contributed by atoms with Gasteiger partial charge in [-0.15, -0.1) is 11.3 Å². The van der Waals surface area contributed by atoms with Gasteiger partial charge in [0.1, 0.15) is 0 Å². The Kier molecular flexibility index (Phi) is 4.32. The first-order chi connectivity index (χ1) is 7.75. The van der Waals surface area contributed by atoms with Gasteiger partial charge < -0.3 is 10.1 Å². The van der Waals surface area contributed by atoms with Gasteiger partial charge in [0.25, 0.3) is 0 Å². The van der Waals surface area contributed by atoms with E-state index in [0.717, 1.165) is 26.3 Å². The van der Waals surface area contributed by atoms with Gasteiger partial charge in [0, 0.05) is 36.7 Å². The minimum Gasteiger partial charge on any atom is -0.381 e. The second-order valence-electron chi connectivity index (χ2n) is 4.60. The lowest BCUT2D eigenvalue weighted by Crippen LogP contribution is -2.26. The SMILES string of the molecule is Cc1cnc(C(C)CNCC2CCOC2)s1. The molecule has 2 rings (SSSR count). The molecule has 1 saturated heterocycles. The first-order valence-electron chi connectivity index (χ1n) is 5.96. The van der Waals surface area contributed by atoms with E-state index in [9.17, 15) is 0 Å². The summed E-state index contributed by atoms with van der Waals surface area (Å²) in [5.74, 6) is 1.23. The van der Waals surface area contributed by atoms with E-state index < -0.39 is 0 Å². The largest absolute Gasteiger partial charge is 0.381 e. The highest BCUT2D eigenvalue weighted by atomic mass is 32.1. The molecule has 0 radical (unpaired) electrons. The maximum Gasteiger partial charge on any atom is 0.0968 e. The monoisotopic (exact) mass is 240 g/mol. The van der Waals surface area contributed by atoms with Gasteiger partial charge in [-0.2, -0.15) is 0 Å². The van der Waals surface area contributed by atoms with Crippen LogP contribution in [-0.4, -0.2) is 31.3 Å². The molecule has 2 atom stereocenters. The minimum atomic E-state index is 0.515. The Hall–Kier alpha value is -0.450. The predicted molar refractivity (Wildman–Crippen MR) is 67.1 cm³/mol. The number of nitrogens with zero attached hydrogens (tertiary/aromatic N) is 1. The van der Waals surface area contributed by atoms with E-state index in [1.807, 2.05) is 6.20 Å². The second-order valence-corrected chi connectivity index (χ2v) is 5.86. The van der Waals surface area contributed by atoms with Crippen LogP contribution < -0.4 is 5.32 Å². The number of nitrogens with one attached hydrogen (secondary N) is 1. The standard InChI is InChI=1S/C12H20N2OS/c1-9(12-14-6-10(2)16-12)5-13-7-11-3-4-15-8-11/h6,9,11,13H,3-5,7-8H2,1-2H3. The number of aromatic nitrogens is 1. The van der Waals surface area contributed by atoms with Crippen molar-refractivity contribution < 1.29 is 4.74 Å². The molecule has 0 bridgehead atoms. The van der Waals surface area contributed by atoms with Crippen molar-refractivity contribution in [2.75, 3.05) is 26.3 Å². The maximum atomic E-state index is 5.35. The third-order valence-corrected chi connectivity index (χ3v) is 4.11. The van der Waals surface area contributed by atoms with Crippen LogP contribution in [0.2, 0.25) is 0 Å². The molecular weight excluding hydrogens is 220 g/mol. The fourth-order valence-electron chi connectivity index (χ4n) is 1.94. The van der Waals surface area contributed by atoms with Crippen molar-refractivity contribution in [1.29, 1.82) is 0 Å². The summed E-state index contributed by atoms with van der Waals surface area (Å²) in [4.78, 5) is 5.72. The Morgan fingerprint density at radius 3 is 3.19 bits per heavy atom. The normalized spacial score (nSPS) is 22.5. The van der Waals surface area contributed by atoms with Crippen LogP contribution in [0.1, 0.15) is 29.1 Å². The highest BCUT2D eigenvalue weighted by molar-refractivity contribution is 7.11. The molecule has 0 aromatic carbocycles. The fraction of sp³-hybridized carbons (Fsp3) is 0.750. The van der Waals surface area contributed by atoms with E-state index >= 15 is 0 Å². The van der Waals surface area contributed by atoms with E-state index in [1.54, 1.807) is 11.3 Å². The second kappa shape index (κ2) is 5.75. The number of rotatable bonds is 5.